The summed E-state index contributed by atoms with van der Waals surface area (Å²) < 4.78 is 5.46. The highest BCUT2D eigenvalue weighted by atomic mass is 16.5. The van der Waals surface area contributed by atoms with Crippen LogP contribution in [-0.2, 0) is 0 Å². The van der Waals surface area contributed by atoms with Crippen LogP contribution < -0.4 is 10.1 Å². The van der Waals surface area contributed by atoms with Gasteiger partial charge in [-0.15, -0.1) is 0 Å². The summed E-state index contributed by atoms with van der Waals surface area (Å²) in [5.74, 6) is 0.844. The molecule has 0 bridgehead atoms. The predicted octanol–water partition coefficient (Wildman–Crippen LogP) is 3.58. The van der Waals surface area contributed by atoms with Gasteiger partial charge in [0.2, 0.25) is 0 Å². The van der Waals surface area contributed by atoms with E-state index >= 15 is 0 Å². The first-order valence-corrected chi connectivity index (χ1v) is 6.20. The first kappa shape index (κ1) is 13.5. The van der Waals surface area contributed by atoms with Crippen molar-refractivity contribution < 1.29 is 4.74 Å². The number of nitriles is 2. The van der Waals surface area contributed by atoms with Crippen LogP contribution in [-0.4, -0.2) is 6.61 Å². The molecule has 0 saturated carbocycles. The van der Waals surface area contributed by atoms with Gasteiger partial charge in [-0.1, -0.05) is 12.1 Å². The van der Waals surface area contributed by atoms with Gasteiger partial charge in [0.05, 0.1) is 6.61 Å². The Morgan fingerprint density at radius 2 is 1.85 bits per heavy atom. The Labute approximate surface area is 117 Å². The van der Waals surface area contributed by atoms with Crippen LogP contribution in [0.4, 0.5) is 5.69 Å². The molecule has 2 aromatic rings. The molecule has 0 spiro atoms. The average Bonchev–Trinajstić information content (AvgIpc) is 2.48. The van der Waals surface area contributed by atoms with E-state index in [0.29, 0.717) is 6.61 Å². The van der Waals surface area contributed by atoms with E-state index in [1.165, 1.54) is 6.20 Å². The van der Waals surface area contributed by atoms with Gasteiger partial charge in [-0.05, 0) is 42.0 Å². The van der Waals surface area contributed by atoms with Crippen LogP contribution in [0.3, 0.4) is 0 Å². The van der Waals surface area contributed by atoms with Crippen LogP contribution in [0.5, 0.6) is 5.75 Å². The Hall–Kier alpha value is -2.98. The number of benzene rings is 2. The Morgan fingerprint density at radius 3 is 2.55 bits per heavy atom. The summed E-state index contributed by atoms with van der Waals surface area (Å²) >= 11 is 0. The fourth-order valence-corrected chi connectivity index (χ4v) is 1.82. The molecule has 0 amide bonds. The molecule has 2 rings (SSSR count). The summed E-state index contributed by atoms with van der Waals surface area (Å²) in [7, 11) is 0. The van der Waals surface area contributed by atoms with Gasteiger partial charge in [-0.25, -0.2) is 0 Å². The molecule has 0 saturated heterocycles. The van der Waals surface area contributed by atoms with Crippen molar-refractivity contribution in [3.63, 3.8) is 0 Å². The molecule has 98 valence electrons. The zero-order valence-electron chi connectivity index (χ0n) is 11.1. The minimum absolute atomic E-state index is 0.0387. The molecule has 0 aliphatic rings. The zero-order chi connectivity index (χ0) is 14.4. The fourth-order valence-electron chi connectivity index (χ4n) is 1.82. The lowest BCUT2D eigenvalue weighted by atomic mass is 10.1. The standard InChI is InChI=1S/C16H13N3O/c1-2-20-16-6-4-13-7-15(5-3-14(13)8-16)19-11-12(9-17)10-18/h3-8,11,19H,2H2,1H3. The molecule has 0 atom stereocenters. The topological polar surface area (TPSA) is 68.8 Å². The molecule has 2 aromatic carbocycles. The highest BCUT2D eigenvalue weighted by molar-refractivity contribution is 5.87. The van der Waals surface area contributed by atoms with E-state index in [9.17, 15) is 0 Å². The van der Waals surface area contributed by atoms with E-state index in [-0.39, 0.29) is 5.57 Å². The molecule has 0 radical (unpaired) electrons. The molecule has 0 heterocycles. The Kier molecular flexibility index (Phi) is 4.21. The van der Waals surface area contributed by atoms with Gasteiger partial charge in [0.25, 0.3) is 0 Å². The SMILES string of the molecule is CCOc1ccc2cc(NC=C(C#N)C#N)ccc2c1. The predicted molar refractivity (Wildman–Crippen MR) is 78.0 cm³/mol. The second kappa shape index (κ2) is 6.26. The molecule has 0 aromatic heterocycles. The lowest BCUT2D eigenvalue weighted by molar-refractivity contribution is 0.341. The number of hydrogen-bond donors (Lipinski definition) is 1. The number of anilines is 1. The summed E-state index contributed by atoms with van der Waals surface area (Å²) in [6.07, 6.45) is 1.40. The van der Waals surface area contributed by atoms with E-state index in [1.807, 2.05) is 43.3 Å². The number of nitrogens with zero attached hydrogens (tertiary/aromatic N) is 2. The first-order valence-electron chi connectivity index (χ1n) is 6.20. The highest BCUT2D eigenvalue weighted by Crippen LogP contribution is 2.24. The second-order valence-electron chi connectivity index (χ2n) is 4.08. The third kappa shape index (κ3) is 3.07. The molecule has 0 aliphatic heterocycles. The monoisotopic (exact) mass is 263 g/mol. The van der Waals surface area contributed by atoms with Crippen molar-refractivity contribution >= 4 is 16.5 Å². The first-order chi connectivity index (χ1) is 9.76. The quantitative estimate of drug-likeness (QED) is 0.856. The maximum absolute atomic E-state index is 8.66. The largest absolute Gasteiger partial charge is 0.494 e. The fraction of sp³-hybridized carbons (Fsp3) is 0.125. The van der Waals surface area contributed by atoms with Crippen LogP contribution >= 0.6 is 0 Å². The number of hydrogen-bond acceptors (Lipinski definition) is 4. The molecule has 4 nitrogen and oxygen atoms in total. The van der Waals surface area contributed by atoms with Crippen molar-refractivity contribution in [3.8, 4) is 17.9 Å². The summed E-state index contributed by atoms with van der Waals surface area (Å²) in [6, 6.07) is 15.3. The summed E-state index contributed by atoms with van der Waals surface area (Å²) in [4.78, 5) is 0. The Morgan fingerprint density at radius 1 is 1.15 bits per heavy atom. The molecule has 20 heavy (non-hydrogen) atoms. The molecule has 1 N–H and O–H groups in total. The van der Waals surface area contributed by atoms with Crippen LogP contribution in [0.1, 0.15) is 6.92 Å². The van der Waals surface area contributed by atoms with Crippen molar-refractivity contribution in [2.75, 3.05) is 11.9 Å². The van der Waals surface area contributed by atoms with Gasteiger partial charge >= 0.3 is 0 Å². The van der Waals surface area contributed by atoms with Crippen molar-refractivity contribution in [3.05, 3.63) is 48.2 Å². The third-order valence-electron chi connectivity index (χ3n) is 2.75. The number of nitrogens with one attached hydrogen (secondary N) is 1. The van der Waals surface area contributed by atoms with E-state index in [2.05, 4.69) is 5.32 Å². The number of allylic oxidation sites excluding steroid dienone is 1. The van der Waals surface area contributed by atoms with E-state index in [0.717, 1.165) is 22.2 Å². The van der Waals surface area contributed by atoms with Gasteiger partial charge in [-0.2, -0.15) is 10.5 Å². The Balaban J connectivity index is 2.27. The summed E-state index contributed by atoms with van der Waals surface area (Å²) in [5.41, 5.74) is 0.862. The van der Waals surface area contributed by atoms with E-state index < -0.39 is 0 Å². The molecule has 0 fully saturated rings. The molecule has 4 heteroatoms. The third-order valence-corrected chi connectivity index (χ3v) is 2.75. The van der Waals surface area contributed by atoms with E-state index in [4.69, 9.17) is 15.3 Å². The summed E-state index contributed by atoms with van der Waals surface area (Å²) in [5, 5.41) is 22.4. The zero-order valence-corrected chi connectivity index (χ0v) is 11.1. The maximum atomic E-state index is 8.66. The molecule has 0 aliphatic carbocycles. The lowest BCUT2D eigenvalue weighted by Crippen LogP contribution is -1.92. The normalized spacial score (nSPS) is 9.35. The van der Waals surface area contributed by atoms with Crippen molar-refractivity contribution in [2.45, 2.75) is 6.92 Å². The van der Waals surface area contributed by atoms with Gasteiger partial charge in [0.1, 0.15) is 23.5 Å². The number of fused-ring (bicyclic) bond motifs is 1. The van der Waals surface area contributed by atoms with Crippen LogP contribution in [0.2, 0.25) is 0 Å². The number of ether oxygens (including phenoxy) is 1. The van der Waals surface area contributed by atoms with Crippen LogP contribution in [0.15, 0.2) is 48.2 Å². The molecular formula is C16H13N3O. The van der Waals surface area contributed by atoms with Crippen LogP contribution in [0, 0.1) is 22.7 Å². The molecule has 0 unspecified atom stereocenters. The second-order valence-corrected chi connectivity index (χ2v) is 4.08. The minimum Gasteiger partial charge on any atom is -0.494 e. The van der Waals surface area contributed by atoms with Gasteiger partial charge < -0.3 is 10.1 Å². The van der Waals surface area contributed by atoms with Crippen LogP contribution in [0.25, 0.3) is 10.8 Å². The number of rotatable bonds is 4. The maximum Gasteiger partial charge on any atom is 0.145 e. The highest BCUT2D eigenvalue weighted by Gasteiger charge is 1.99. The molecular weight excluding hydrogens is 250 g/mol. The smallest absolute Gasteiger partial charge is 0.145 e. The van der Waals surface area contributed by atoms with Gasteiger partial charge in [0.15, 0.2) is 0 Å². The van der Waals surface area contributed by atoms with E-state index in [1.54, 1.807) is 12.1 Å². The lowest BCUT2D eigenvalue weighted by Gasteiger charge is -2.06. The van der Waals surface area contributed by atoms with Crippen molar-refractivity contribution in [1.82, 2.24) is 0 Å². The van der Waals surface area contributed by atoms with Crippen molar-refractivity contribution in [1.29, 1.82) is 10.5 Å². The van der Waals surface area contributed by atoms with Gasteiger partial charge in [0, 0.05) is 11.9 Å². The van der Waals surface area contributed by atoms with Gasteiger partial charge in [-0.3, -0.25) is 0 Å². The Bertz CT molecular complexity index is 719. The summed E-state index contributed by atoms with van der Waals surface area (Å²) in [6.45, 7) is 2.59. The van der Waals surface area contributed by atoms with Crippen molar-refractivity contribution in [2.24, 2.45) is 0 Å². The average molecular weight is 263 g/mol. The minimum atomic E-state index is 0.0387.